The van der Waals surface area contributed by atoms with Crippen LogP contribution in [0.25, 0.3) is 0 Å². The van der Waals surface area contributed by atoms with E-state index in [0.717, 1.165) is 6.42 Å². The van der Waals surface area contributed by atoms with Crippen LogP contribution in [0, 0.1) is 5.92 Å². The van der Waals surface area contributed by atoms with E-state index in [-0.39, 0.29) is 29.8 Å². The molecule has 110 valence electrons. The molecule has 1 N–H and O–H groups in total. The Morgan fingerprint density at radius 1 is 1.37 bits per heavy atom. The van der Waals surface area contributed by atoms with E-state index in [1.54, 1.807) is 12.0 Å². The van der Waals surface area contributed by atoms with E-state index < -0.39 is 0 Å². The van der Waals surface area contributed by atoms with Gasteiger partial charge in [-0.15, -0.1) is 0 Å². The van der Waals surface area contributed by atoms with Gasteiger partial charge in [0, 0.05) is 13.7 Å². The molecule has 5 nitrogen and oxygen atoms in total. The van der Waals surface area contributed by atoms with Gasteiger partial charge in [0.2, 0.25) is 11.8 Å². The van der Waals surface area contributed by atoms with Gasteiger partial charge in [-0.25, -0.2) is 0 Å². The van der Waals surface area contributed by atoms with E-state index in [1.807, 2.05) is 20.8 Å². The lowest BCUT2D eigenvalue weighted by Gasteiger charge is -2.39. The molecule has 0 aromatic rings. The molecular weight excluding hydrogens is 244 g/mol. The molecule has 1 rings (SSSR count). The van der Waals surface area contributed by atoms with E-state index >= 15 is 0 Å². The number of ether oxygens (including phenoxy) is 1. The number of nitrogens with zero attached hydrogens (tertiary/aromatic N) is 1. The zero-order chi connectivity index (χ0) is 14.4. The highest BCUT2D eigenvalue weighted by Crippen LogP contribution is 2.17. The molecule has 2 amide bonds. The highest BCUT2D eigenvalue weighted by Gasteiger charge is 2.39. The summed E-state index contributed by atoms with van der Waals surface area (Å²) in [5.74, 6) is 0.262. The number of hydrogen-bond donors (Lipinski definition) is 1. The van der Waals surface area contributed by atoms with Gasteiger partial charge in [0.1, 0.15) is 12.1 Å². The third-order valence-corrected chi connectivity index (χ3v) is 3.50. The third kappa shape index (κ3) is 3.93. The summed E-state index contributed by atoms with van der Waals surface area (Å²) in [6.45, 7) is 7.17. The fourth-order valence-corrected chi connectivity index (χ4v) is 2.61. The zero-order valence-corrected chi connectivity index (χ0v) is 12.4. The number of hydrogen-bond acceptors (Lipinski definition) is 3. The Bertz CT molecular complexity index is 320. The van der Waals surface area contributed by atoms with Crippen molar-refractivity contribution in [1.29, 1.82) is 0 Å². The zero-order valence-electron chi connectivity index (χ0n) is 12.4. The largest absolute Gasteiger partial charge is 0.384 e. The van der Waals surface area contributed by atoms with Crippen LogP contribution in [0.2, 0.25) is 0 Å². The maximum atomic E-state index is 12.4. The molecule has 5 heteroatoms. The lowest BCUT2D eigenvalue weighted by molar-refractivity contribution is -0.150. The van der Waals surface area contributed by atoms with Crippen molar-refractivity contribution in [3.63, 3.8) is 0 Å². The minimum absolute atomic E-state index is 0.0230. The summed E-state index contributed by atoms with van der Waals surface area (Å²) in [5.41, 5.74) is 0. The average Bonchev–Trinajstić information content (AvgIpc) is 2.36. The van der Waals surface area contributed by atoms with Crippen molar-refractivity contribution in [2.24, 2.45) is 5.92 Å². The first-order valence-electron chi connectivity index (χ1n) is 7.14. The predicted molar refractivity (Wildman–Crippen MR) is 73.7 cm³/mol. The Morgan fingerprint density at radius 3 is 2.58 bits per heavy atom. The third-order valence-electron chi connectivity index (χ3n) is 3.50. The van der Waals surface area contributed by atoms with Crippen LogP contribution in [0.5, 0.6) is 0 Å². The smallest absolute Gasteiger partial charge is 0.245 e. The second kappa shape index (κ2) is 7.48. The highest BCUT2D eigenvalue weighted by atomic mass is 16.5. The number of methoxy groups -OCH3 is 1. The van der Waals surface area contributed by atoms with Crippen LogP contribution < -0.4 is 5.32 Å². The van der Waals surface area contributed by atoms with Crippen LogP contribution in [0.1, 0.15) is 40.0 Å². The molecule has 1 fully saturated rings. The minimum Gasteiger partial charge on any atom is -0.384 e. The summed E-state index contributed by atoms with van der Waals surface area (Å²) in [7, 11) is 1.65. The minimum atomic E-state index is -0.352. The monoisotopic (exact) mass is 270 g/mol. The van der Waals surface area contributed by atoms with E-state index in [2.05, 4.69) is 5.32 Å². The maximum absolute atomic E-state index is 12.4. The second-order valence-corrected chi connectivity index (χ2v) is 5.33. The summed E-state index contributed by atoms with van der Waals surface area (Å²) < 4.78 is 5.11. The molecule has 0 radical (unpaired) electrons. The number of nitrogens with one attached hydrogen (secondary N) is 1. The van der Waals surface area contributed by atoms with Crippen molar-refractivity contribution in [2.75, 3.05) is 20.3 Å². The summed E-state index contributed by atoms with van der Waals surface area (Å²) in [6.07, 6.45) is 2.24. The first-order chi connectivity index (χ1) is 9.04. The topological polar surface area (TPSA) is 58.6 Å². The van der Waals surface area contributed by atoms with Crippen molar-refractivity contribution in [3.8, 4) is 0 Å². The number of amides is 2. The van der Waals surface area contributed by atoms with Crippen LogP contribution in [0.3, 0.4) is 0 Å². The van der Waals surface area contributed by atoms with Crippen LogP contribution in [-0.2, 0) is 14.3 Å². The molecular formula is C14H26N2O3. The lowest BCUT2D eigenvalue weighted by atomic mass is 10.00. The van der Waals surface area contributed by atoms with Gasteiger partial charge in [0.25, 0.3) is 0 Å². The van der Waals surface area contributed by atoms with Gasteiger partial charge in [-0.05, 0) is 18.8 Å². The molecule has 0 aromatic heterocycles. The van der Waals surface area contributed by atoms with Gasteiger partial charge < -0.3 is 15.0 Å². The fraction of sp³-hybridized carbons (Fsp3) is 0.857. The van der Waals surface area contributed by atoms with Crippen molar-refractivity contribution >= 4 is 11.8 Å². The molecule has 0 aromatic carbocycles. The van der Waals surface area contributed by atoms with Gasteiger partial charge in [0.05, 0.1) is 6.61 Å². The molecule has 0 spiro atoms. The standard InChI is InChI=1S/C14H26N2O3/c1-5-7-11-14(18)16(8-10(3)9-19-4)12(6-2)13(17)15-11/h10-12H,5-9H2,1-4H3,(H,15,17). The molecule has 1 aliphatic rings. The van der Waals surface area contributed by atoms with Gasteiger partial charge in [-0.3, -0.25) is 9.59 Å². The SMILES string of the molecule is CCCC1NC(=O)C(CC)N(CC(C)COC)C1=O. The molecule has 3 unspecified atom stereocenters. The molecule has 0 saturated carbocycles. The quantitative estimate of drug-likeness (QED) is 0.755. The Hall–Kier alpha value is -1.10. The highest BCUT2D eigenvalue weighted by molar-refractivity contribution is 5.96. The summed E-state index contributed by atoms with van der Waals surface area (Å²) in [4.78, 5) is 26.2. The van der Waals surface area contributed by atoms with Crippen molar-refractivity contribution in [1.82, 2.24) is 10.2 Å². The first kappa shape index (κ1) is 16.0. The van der Waals surface area contributed by atoms with Gasteiger partial charge >= 0.3 is 0 Å². The molecule has 3 atom stereocenters. The number of carbonyl (C=O) groups is 2. The number of piperazine rings is 1. The fourth-order valence-electron chi connectivity index (χ4n) is 2.61. The van der Waals surface area contributed by atoms with Crippen molar-refractivity contribution in [3.05, 3.63) is 0 Å². The van der Waals surface area contributed by atoms with Gasteiger partial charge in [0.15, 0.2) is 0 Å². The summed E-state index contributed by atoms with van der Waals surface area (Å²) in [6, 6.07) is -0.685. The maximum Gasteiger partial charge on any atom is 0.245 e. The Kier molecular flexibility index (Phi) is 6.28. The van der Waals surface area contributed by atoms with Crippen LogP contribution in [-0.4, -0.2) is 49.1 Å². The Balaban J connectivity index is 2.80. The molecule has 1 aliphatic heterocycles. The van der Waals surface area contributed by atoms with Gasteiger partial charge in [-0.2, -0.15) is 0 Å². The van der Waals surface area contributed by atoms with Crippen LogP contribution in [0.4, 0.5) is 0 Å². The Morgan fingerprint density at radius 2 is 2.05 bits per heavy atom. The number of carbonyl (C=O) groups excluding carboxylic acids is 2. The average molecular weight is 270 g/mol. The molecule has 19 heavy (non-hydrogen) atoms. The van der Waals surface area contributed by atoms with Crippen LogP contribution >= 0.6 is 0 Å². The van der Waals surface area contributed by atoms with Crippen LogP contribution in [0.15, 0.2) is 0 Å². The van der Waals surface area contributed by atoms with Gasteiger partial charge in [-0.1, -0.05) is 27.2 Å². The first-order valence-corrected chi connectivity index (χ1v) is 7.14. The molecule has 0 aliphatic carbocycles. The van der Waals surface area contributed by atoms with Crippen molar-refractivity contribution < 1.29 is 14.3 Å². The predicted octanol–water partition coefficient (Wildman–Crippen LogP) is 1.17. The van der Waals surface area contributed by atoms with E-state index in [9.17, 15) is 9.59 Å². The molecule has 1 saturated heterocycles. The lowest BCUT2D eigenvalue weighted by Crippen LogP contribution is -2.63. The molecule has 1 heterocycles. The van der Waals surface area contributed by atoms with E-state index in [1.165, 1.54) is 0 Å². The number of rotatable bonds is 7. The Labute approximate surface area is 115 Å². The summed E-state index contributed by atoms with van der Waals surface area (Å²) >= 11 is 0. The normalized spacial score (nSPS) is 25.4. The van der Waals surface area contributed by atoms with Crippen molar-refractivity contribution in [2.45, 2.75) is 52.1 Å². The van der Waals surface area contributed by atoms with E-state index in [0.29, 0.717) is 26.0 Å². The second-order valence-electron chi connectivity index (χ2n) is 5.33. The summed E-state index contributed by atoms with van der Waals surface area (Å²) in [5, 5.41) is 2.84. The van der Waals surface area contributed by atoms with E-state index in [4.69, 9.17) is 4.74 Å². The molecule has 0 bridgehead atoms.